The third-order valence-corrected chi connectivity index (χ3v) is 4.53. The molecule has 0 saturated carbocycles. The Morgan fingerprint density at radius 3 is 2.71 bits per heavy atom. The van der Waals surface area contributed by atoms with Crippen LogP contribution >= 0.6 is 0 Å². The largest absolute Gasteiger partial charge is 0.322 e. The minimum absolute atomic E-state index is 0.355. The maximum absolute atomic E-state index is 12.6. The van der Waals surface area contributed by atoms with Gasteiger partial charge in [0.15, 0.2) is 0 Å². The maximum atomic E-state index is 12.6. The van der Waals surface area contributed by atoms with Crippen LogP contribution in [0.1, 0.15) is 37.8 Å². The van der Waals surface area contributed by atoms with Crippen molar-refractivity contribution in [1.82, 2.24) is 5.32 Å². The summed E-state index contributed by atoms with van der Waals surface area (Å²) in [7, 11) is 0. The van der Waals surface area contributed by atoms with Crippen molar-refractivity contribution in [3.8, 4) is 0 Å². The van der Waals surface area contributed by atoms with Gasteiger partial charge in [-0.2, -0.15) is 0 Å². The molecule has 0 aromatic heterocycles. The number of fused-ring (bicyclic) bond motifs is 1. The number of nitrogens with zero attached hydrogens (tertiary/aromatic N) is 1. The van der Waals surface area contributed by atoms with Gasteiger partial charge in [-0.1, -0.05) is 44.2 Å². The number of carbonyl (C=O) groups is 2. The summed E-state index contributed by atoms with van der Waals surface area (Å²) in [6, 6.07) is 14.6. The fraction of sp³-hybridized carbons (Fsp3) is 0.318. The Labute approximate surface area is 165 Å². The third kappa shape index (κ3) is 4.97. The molecule has 1 atom stereocenters. The number of nitrogens with one attached hydrogen (secondary N) is 3. The predicted octanol–water partition coefficient (Wildman–Crippen LogP) is 4.32. The molecule has 6 nitrogen and oxygen atoms in total. The number of hydrogen-bond donors (Lipinski definition) is 3. The van der Waals surface area contributed by atoms with Gasteiger partial charge in [0.05, 0.1) is 0 Å². The molecule has 2 aromatic rings. The Balaban J connectivity index is 1.80. The fourth-order valence-corrected chi connectivity index (χ4v) is 3.07. The van der Waals surface area contributed by atoms with Gasteiger partial charge in [0, 0.05) is 22.6 Å². The quantitative estimate of drug-likeness (QED) is 0.724. The number of benzene rings is 2. The number of aryl methyl sites for hydroxylation is 1. The molecule has 0 bridgehead atoms. The number of urea groups is 1. The molecule has 0 spiro atoms. The van der Waals surface area contributed by atoms with Gasteiger partial charge in [0.25, 0.3) is 5.91 Å². The summed E-state index contributed by atoms with van der Waals surface area (Å²) >= 11 is 0. The molecular formula is C22H26N4O2. The van der Waals surface area contributed by atoms with E-state index in [-0.39, 0.29) is 5.91 Å². The average molecular weight is 378 g/mol. The van der Waals surface area contributed by atoms with E-state index in [1.165, 1.54) is 0 Å². The van der Waals surface area contributed by atoms with Crippen LogP contribution in [0.2, 0.25) is 0 Å². The van der Waals surface area contributed by atoms with Gasteiger partial charge in [-0.25, -0.2) is 4.79 Å². The van der Waals surface area contributed by atoms with Crippen LogP contribution in [-0.2, 0) is 4.79 Å². The second kappa shape index (κ2) is 8.69. The Hall–Kier alpha value is -3.15. The zero-order valence-corrected chi connectivity index (χ0v) is 16.5. The molecule has 0 aliphatic carbocycles. The molecule has 1 heterocycles. The molecule has 2 aromatic carbocycles. The Kier molecular flexibility index (Phi) is 6.09. The Morgan fingerprint density at radius 2 is 1.96 bits per heavy atom. The Morgan fingerprint density at radius 1 is 1.18 bits per heavy atom. The first kappa shape index (κ1) is 19.6. The van der Waals surface area contributed by atoms with Gasteiger partial charge in [0.2, 0.25) is 6.17 Å². The molecule has 1 aliphatic rings. The summed E-state index contributed by atoms with van der Waals surface area (Å²) in [5.41, 5.74) is 4.15. The van der Waals surface area contributed by atoms with E-state index in [9.17, 15) is 9.59 Å². The summed E-state index contributed by atoms with van der Waals surface area (Å²) in [4.78, 5) is 29.7. The fourth-order valence-electron chi connectivity index (χ4n) is 3.07. The molecule has 3 amide bonds. The molecule has 0 fully saturated rings. The normalized spacial score (nSPS) is 15.9. The number of rotatable bonds is 5. The number of para-hydroxylation sites is 1. The highest BCUT2D eigenvalue weighted by Crippen LogP contribution is 2.23. The number of carbonyl (C=O) groups excluding carboxylic acids is 2. The summed E-state index contributed by atoms with van der Waals surface area (Å²) in [6.45, 7) is 6.25. The second-order valence-corrected chi connectivity index (χ2v) is 7.41. The highest BCUT2D eigenvalue weighted by molar-refractivity contribution is 6.12. The van der Waals surface area contributed by atoms with Crippen molar-refractivity contribution in [2.75, 3.05) is 10.6 Å². The molecule has 0 radical (unpaired) electrons. The van der Waals surface area contributed by atoms with Crippen LogP contribution in [0.3, 0.4) is 0 Å². The van der Waals surface area contributed by atoms with E-state index in [0.29, 0.717) is 11.6 Å². The predicted molar refractivity (Wildman–Crippen MR) is 113 cm³/mol. The minimum atomic E-state index is -0.987. The summed E-state index contributed by atoms with van der Waals surface area (Å²) in [5.74, 6) is 0.157. The van der Waals surface area contributed by atoms with Gasteiger partial charge in [-0.05, 0) is 49.4 Å². The highest BCUT2D eigenvalue weighted by Gasteiger charge is 2.26. The molecular weight excluding hydrogens is 352 g/mol. The van der Waals surface area contributed by atoms with E-state index in [0.717, 1.165) is 35.4 Å². The van der Waals surface area contributed by atoms with Gasteiger partial charge in [-0.3, -0.25) is 9.79 Å². The van der Waals surface area contributed by atoms with Crippen LogP contribution in [0, 0.1) is 12.8 Å². The van der Waals surface area contributed by atoms with Crippen molar-refractivity contribution in [3.63, 3.8) is 0 Å². The molecule has 6 heteroatoms. The standard InChI is InChI=1S/C22H26N4O2/c1-14(2)11-12-19-17-9-4-5-10-18(17)25-21(27)20(24-19)26-22(28)23-16-8-6-7-15(3)13-16/h4-10,13-14,20H,11-12H2,1-3H3,(H,25,27)(H2,23,26,28)/t20-/m0/s1. The topological polar surface area (TPSA) is 82.6 Å². The molecule has 0 saturated heterocycles. The van der Waals surface area contributed by atoms with Crippen molar-refractivity contribution in [1.29, 1.82) is 0 Å². The molecule has 28 heavy (non-hydrogen) atoms. The summed E-state index contributed by atoms with van der Waals surface area (Å²) in [6.07, 6.45) is 0.699. The van der Waals surface area contributed by atoms with Crippen LogP contribution in [0.5, 0.6) is 0 Å². The number of hydrogen-bond acceptors (Lipinski definition) is 3. The number of amides is 3. The summed E-state index contributed by atoms with van der Waals surface area (Å²) < 4.78 is 0. The lowest BCUT2D eigenvalue weighted by atomic mass is 9.99. The van der Waals surface area contributed by atoms with Crippen molar-refractivity contribution in [2.24, 2.45) is 10.9 Å². The lowest BCUT2D eigenvalue weighted by Gasteiger charge is -2.14. The lowest BCUT2D eigenvalue weighted by Crippen LogP contribution is -2.44. The minimum Gasteiger partial charge on any atom is -0.322 e. The van der Waals surface area contributed by atoms with E-state index in [1.807, 2.05) is 49.4 Å². The SMILES string of the molecule is Cc1cccc(NC(=O)N[C@@H]2N=C(CCC(C)C)c3ccccc3NC2=O)c1. The van der Waals surface area contributed by atoms with E-state index in [4.69, 9.17) is 0 Å². The second-order valence-electron chi connectivity index (χ2n) is 7.41. The first-order chi connectivity index (χ1) is 13.4. The lowest BCUT2D eigenvalue weighted by molar-refractivity contribution is -0.117. The van der Waals surface area contributed by atoms with E-state index < -0.39 is 12.2 Å². The van der Waals surface area contributed by atoms with Gasteiger partial charge < -0.3 is 16.0 Å². The molecule has 1 aliphatic heterocycles. The molecule has 0 unspecified atom stereocenters. The van der Waals surface area contributed by atoms with Crippen molar-refractivity contribution in [2.45, 2.75) is 39.8 Å². The highest BCUT2D eigenvalue weighted by atomic mass is 16.2. The zero-order chi connectivity index (χ0) is 20.1. The zero-order valence-electron chi connectivity index (χ0n) is 16.5. The third-order valence-electron chi connectivity index (χ3n) is 4.53. The molecule has 3 rings (SSSR count). The van der Waals surface area contributed by atoms with E-state index >= 15 is 0 Å². The number of aliphatic imine (C=N–C) groups is 1. The maximum Gasteiger partial charge on any atom is 0.321 e. The molecule has 3 N–H and O–H groups in total. The first-order valence-corrected chi connectivity index (χ1v) is 9.53. The summed E-state index contributed by atoms with van der Waals surface area (Å²) in [5, 5.41) is 8.31. The van der Waals surface area contributed by atoms with Gasteiger partial charge in [-0.15, -0.1) is 0 Å². The monoisotopic (exact) mass is 378 g/mol. The van der Waals surface area contributed by atoms with Crippen LogP contribution in [0.15, 0.2) is 53.5 Å². The van der Waals surface area contributed by atoms with Crippen LogP contribution in [0.25, 0.3) is 0 Å². The van der Waals surface area contributed by atoms with Crippen LogP contribution in [0.4, 0.5) is 16.2 Å². The Bertz CT molecular complexity index is 905. The smallest absolute Gasteiger partial charge is 0.321 e. The van der Waals surface area contributed by atoms with Crippen molar-refractivity contribution < 1.29 is 9.59 Å². The first-order valence-electron chi connectivity index (χ1n) is 9.53. The van der Waals surface area contributed by atoms with E-state index in [2.05, 4.69) is 34.8 Å². The number of benzodiazepines with no additional fused rings is 1. The van der Waals surface area contributed by atoms with Crippen LogP contribution in [-0.4, -0.2) is 23.8 Å². The van der Waals surface area contributed by atoms with E-state index in [1.54, 1.807) is 6.07 Å². The van der Waals surface area contributed by atoms with Gasteiger partial charge in [0.1, 0.15) is 0 Å². The van der Waals surface area contributed by atoms with Crippen molar-refractivity contribution in [3.05, 3.63) is 59.7 Å². The molecule has 146 valence electrons. The van der Waals surface area contributed by atoms with Crippen molar-refractivity contribution >= 4 is 29.0 Å². The van der Waals surface area contributed by atoms with Crippen LogP contribution < -0.4 is 16.0 Å². The average Bonchev–Trinajstić information content (AvgIpc) is 2.76. The number of anilines is 2. The van der Waals surface area contributed by atoms with Gasteiger partial charge >= 0.3 is 6.03 Å².